The fourth-order valence-corrected chi connectivity index (χ4v) is 3.14. The fraction of sp³-hybridized carbons (Fsp3) is 0.100. The summed E-state index contributed by atoms with van der Waals surface area (Å²) in [6.45, 7) is 0. The monoisotopic (exact) mass is 415 g/mol. The van der Waals surface area contributed by atoms with Crippen LogP contribution in [-0.4, -0.2) is 0 Å². The van der Waals surface area contributed by atoms with Crippen molar-refractivity contribution < 1.29 is 20.8 Å². The maximum atomic E-state index is 4.93. The molecule has 2 aromatic rings. The van der Waals surface area contributed by atoms with E-state index in [9.17, 15) is 0 Å². The van der Waals surface area contributed by atoms with Crippen LogP contribution in [0.25, 0.3) is 11.6 Å². The normalized spacial score (nSPS) is 20.5. The van der Waals surface area contributed by atoms with E-state index in [1.165, 1.54) is 22.3 Å². The van der Waals surface area contributed by atoms with E-state index in [-0.39, 0.29) is 0 Å². The van der Waals surface area contributed by atoms with Gasteiger partial charge in [0, 0.05) is 11.8 Å². The molecule has 0 saturated carbocycles. The Hall–Kier alpha value is -0.877. The molecule has 0 amide bonds. The second kappa shape index (κ2) is 8.29. The standard InChI is InChI=1S/C20H15.2ClH.Zr/c1-2-6-15(7-3-1)17-10-11-18(14-17)20-13-12-16-8-4-5-9-19(16)20;;;/h2-14,18,20H;2*1H;/q-1;;;+2/p-2. The number of rotatable bonds is 2. The first-order valence-electron chi connectivity index (χ1n) is 7.43. The molecule has 3 heteroatoms. The molecular weight excluding hydrogens is 402 g/mol. The van der Waals surface area contributed by atoms with Gasteiger partial charge in [0.2, 0.25) is 0 Å². The van der Waals surface area contributed by atoms with Crippen molar-refractivity contribution in [3.8, 4) is 0 Å². The van der Waals surface area contributed by atoms with Gasteiger partial charge in [-0.05, 0) is 16.7 Å². The van der Waals surface area contributed by atoms with E-state index in [0.717, 1.165) is 0 Å². The van der Waals surface area contributed by atoms with Crippen LogP contribution in [0.15, 0.2) is 72.8 Å². The summed E-state index contributed by atoms with van der Waals surface area (Å²) in [7, 11) is 9.87. The van der Waals surface area contributed by atoms with Crippen molar-refractivity contribution in [3.63, 3.8) is 0 Å². The second-order valence-corrected chi connectivity index (χ2v) is 9.16. The second-order valence-electron chi connectivity index (χ2n) is 5.43. The molecule has 0 fully saturated rings. The molecule has 0 heterocycles. The zero-order valence-electron chi connectivity index (χ0n) is 12.4. The fourth-order valence-electron chi connectivity index (χ4n) is 3.14. The van der Waals surface area contributed by atoms with E-state index in [1.807, 2.05) is 12.1 Å². The van der Waals surface area contributed by atoms with Crippen LogP contribution in [-0.2, 0) is 20.8 Å². The number of allylic oxidation sites excluding steroid dienone is 5. The zero-order chi connectivity index (χ0) is 16.1. The van der Waals surface area contributed by atoms with Crippen molar-refractivity contribution in [2.75, 3.05) is 0 Å². The minimum absolute atomic E-state index is 0.467. The van der Waals surface area contributed by atoms with Crippen molar-refractivity contribution in [2.24, 2.45) is 5.92 Å². The van der Waals surface area contributed by atoms with Gasteiger partial charge in [-0.3, -0.25) is 0 Å². The Balaban J connectivity index is 0.000000485. The first-order chi connectivity index (χ1) is 11.3. The van der Waals surface area contributed by atoms with E-state index < -0.39 is 20.8 Å². The van der Waals surface area contributed by atoms with Gasteiger partial charge in [0.15, 0.2) is 0 Å². The third-order valence-corrected chi connectivity index (χ3v) is 4.17. The van der Waals surface area contributed by atoms with Gasteiger partial charge >= 0.3 is 37.9 Å². The van der Waals surface area contributed by atoms with Crippen LogP contribution >= 0.6 is 17.0 Å². The molecule has 0 radical (unpaired) electrons. The molecule has 0 saturated heterocycles. The van der Waals surface area contributed by atoms with Crippen molar-refractivity contribution in [2.45, 2.75) is 5.92 Å². The molecule has 0 N–H and O–H groups in total. The first kappa shape index (κ1) is 17.0. The van der Waals surface area contributed by atoms with Crippen LogP contribution in [0, 0.1) is 12.0 Å². The topological polar surface area (TPSA) is 0 Å². The maximum absolute atomic E-state index is 4.93. The summed E-state index contributed by atoms with van der Waals surface area (Å²) < 4.78 is 0. The Morgan fingerprint density at radius 3 is 2.43 bits per heavy atom. The van der Waals surface area contributed by atoms with Crippen LogP contribution in [0.1, 0.15) is 22.6 Å². The summed E-state index contributed by atoms with van der Waals surface area (Å²) in [6, 6.07) is 20.0. The molecule has 0 aliphatic heterocycles. The summed E-state index contributed by atoms with van der Waals surface area (Å²) >= 11 is -0.826. The Kier molecular flexibility index (Phi) is 6.11. The predicted octanol–water partition coefficient (Wildman–Crippen LogP) is 6.24. The third kappa shape index (κ3) is 3.97. The van der Waals surface area contributed by atoms with Gasteiger partial charge in [-0.15, -0.1) is 5.56 Å². The molecular formula is C20H15Cl2Zr-. The summed E-state index contributed by atoms with van der Waals surface area (Å²) in [6.07, 6.45) is 11.5. The van der Waals surface area contributed by atoms with E-state index in [0.29, 0.717) is 11.8 Å². The number of fused-ring (bicyclic) bond motifs is 1. The summed E-state index contributed by atoms with van der Waals surface area (Å²) in [4.78, 5) is 0. The average Bonchev–Trinajstić information content (AvgIpc) is 3.23. The van der Waals surface area contributed by atoms with Gasteiger partial charge in [0.25, 0.3) is 0 Å². The number of halogens is 2. The van der Waals surface area contributed by atoms with Crippen molar-refractivity contribution in [1.29, 1.82) is 0 Å². The maximum Gasteiger partial charge on any atom is 0.0125 e. The number of benzene rings is 2. The largest absolute Gasteiger partial charge is 0.184 e. The molecule has 2 aliphatic rings. The van der Waals surface area contributed by atoms with Crippen LogP contribution in [0.2, 0.25) is 0 Å². The van der Waals surface area contributed by atoms with Gasteiger partial charge in [0.05, 0.1) is 0 Å². The van der Waals surface area contributed by atoms with Gasteiger partial charge in [-0.1, -0.05) is 54.6 Å². The molecule has 0 nitrogen and oxygen atoms in total. The summed E-state index contributed by atoms with van der Waals surface area (Å²) in [5.41, 5.74) is 5.41. The van der Waals surface area contributed by atoms with Crippen LogP contribution in [0.3, 0.4) is 0 Å². The first-order valence-corrected chi connectivity index (χ1v) is 13.8. The minimum atomic E-state index is -0.826. The molecule has 2 aromatic carbocycles. The van der Waals surface area contributed by atoms with Crippen molar-refractivity contribution >= 4 is 28.7 Å². The predicted molar refractivity (Wildman–Crippen MR) is 95.8 cm³/mol. The Morgan fingerprint density at radius 1 is 0.913 bits per heavy atom. The number of hydrogen-bond donors (Lipinski definition) is 0. The van der Waals surface area contributed by atoms with Crippen molar-refractivity contribution in [3.05, 3.63) is 95.6 Å². The number of hydrogen-bond acceptors (Lipinski definition) is 0. The molecule has 0 spiro atoms. The molecule has 0 bridgehead atoms. The molecule has 2 aliphatic carbocycles. The van der Waals surface area contributed by atoms with Crippen LogP contribution < -0.4 is 0 Å². The van der Waals surface area contributed by atoms with E-state index in [2.05, 4.69) is 72.8 Å². The minimum Gasteiger partial charge on any atom is -0.184 e. The van der Waals surface area contributed by atoms with E-state index in [1.54, 1.807) is 0 Å². The van der Waals surface area contributed by atoms with Crippen LogP contribution in [0.5, 0.6) is 0 Å². The van der Waals surface area contributed by atoms with Gasteiger partial charge in [0.1, 0.15) is 0 Å². The summed E-state index contributed by atoms with van der Waals surface area (Å²) in [5.74, 6) is 0.948. The molecule has 2 unspecified atom stereocenters. The Labute approximate surface area is 156 Å². The van der Waals surface area contributed by atoms with Gasteiger partial charge < -0.3 is 0 Å². The Morgan fingerprint density at radius 2 is 1.65 bits per heavy atom. The smallest absolute Gasteiger partial charge is 0.0125 e. The van der Waals surface area contributed by atoms with Gasteiger partial charge in [-0.2, -0.15) is 30.3 Å². The summed E-state index contributed by atoms with van der Waals surface area (Å²) in [5, 5.41) is 0. The molecule has 2 atom stereocenters. The molecule has 23 heavy (non-hydrogen) atoms. The SMILES string of the molecule is [Cl][Zr][Cl].[c-]1ccc(C2=CC(C3C=Cc4ccccc43)C=C2)cc1. The zero-order valence-corrected chi connectivity index (χ0v) is 16.4. The van der Waals surface area contributed by atoms with Gasteiger partial charge in [-0.25, -0.2) is 0 Å². The average molecular weight is 417 g/mol. The Bertz CT molecular complexity index is 747. The third-order valence-electron chi connectivity index (χ3n) is 4.17. The van der Waals surface area contributed by atoms with E-state index in [4.69, 9.17) is 17.0 Å². The quantitative estimate of drug-likeness (QED) is 0.507. The van der Waals surface area contributed by atoms with Crippen molar-refractivity contribution in [1.82, 2.24) is 0 Å². The van der Waals surface area contributed by atoms with Crippen LogP contribution in [0.4, 0.5) is 0 Å². The van der Waals surface area contributed by atoms with E-state index >= 15 is 0 Å². The molecule has 114 valence electrons. The molecule has 0 aromatic heterocycles. The molecule has 4 rings (SSSR count).